The molecule has 2 saturated carbocycles. The molecule has 2 bridgehead atoms. The number of fused-ring (bicyclic) bond motifs is 2. The number of carbonyl (C=O) groups excluding carboxylic acids is 1. The maximum atomic E-state index is 13.1. The number of hydrogen-bond acceptors (Lipinski definition) is 5. The van der Waals surface area contributed by atoms with E-state index >= 15 is 0 Å². The molecule has 0 radical (unpaired) electrons. The minimum absolute atomic E-state index is 0.0701. The van der Waals surface area contributed by atoms with Crippen LogP contribution in [0.3, 0.4) is 0 Å². The van der Waals surface area contributed by atoms with E-state index < -0.39 is 15.4 Å². The summed E-state index contributed by atoms with van der Waals surface area (Å²) in [6, 6.07) is 4.11. The van der Waals surface area contributed by atoms with Gasteiger partial charge in [0, 0.05) is 41.9 Å². The van der Waals surface area contributed by atoms with Gasteiger partial charge in [0.2, 0.25) is 10.0 Å². The highest BCUT2D eigenvalue weighted by Crippen LogP contribution is 2.64. The predicted molar refractivity (Wildman–Crippen MR) is 106 cm³/mol. The van der Waals surface area contributed by atoms with Crippen LogP contribution >= 0.6 is 11.3 Å². The van der Waals surface area contributed by atoms with Crippen LogP contribution in [0.4, 0.5) is 0 Å². The van der Waals surface area contributed by atoms with Gasteiger partial charge in [0.25, 0.3) is 0 Å². The van der Waals surface area contributed by atoms with E-state index in [1.807, 2.05) is 11.4 Å². The molecule has 1 N–H and O–H groups in total. The second-order valence-electron chi connectivity index (χ2n) is 9.12. The van der Waals surface area contributed by atoms with Gasteiger partial charge in [-0.25, -0.2) is 13.1 Å². The van der Waals surface area contributed by atoms with Gasteiger partial charge in [-0.2, -0.15) is 0 Å². The van der Waals surface area contributed by atoms with Gasteiger partial charge in [-0.1, -0.05) is 19.9 Å². The lowest BCUT2D eigenvalue weighted by molar-refractivity contribution is -0.128. The topological polar surface area (TPSA) is 72.5 Å². The highest BCUT2D eigenvalue weighted by Gasteiger charge is 2.65. The van der Waals surface area contributed by atoms with Crippen LogP contribution in [-0.2, 0) is 25.0 Å². The predicted octanol–water partition coefficient (Wildman–Crippen LogP) is 3.11. The molecule has 1 saturated heterocycles. The molecule has 0 amide bonds. The van der Waals surface area contributed by atoms with Crippen molar-refractivity contribution in [3.05, 3.63) is 22.4 Å². The number of rotatable bonds is 6. The average Bonchev–Trinajstić information content (AvgIpc) is 3.28. The molecule has 2 aliphatic carbocycles. The lowest BCUT2D eigenvalue weighted by atomic mass is 9.70. The van der Waals surface area contributed by atoms with Gasteiger partial charge in [0.15, 0.2) is 0 Å². The van der Waals surface area contributed by atoms with Crippen molar-refractivity contribution in [1.82, 2.24) is 4.72 Å². The SMILES string of the molecule is CC1(C)[C@H]2CC[C@@]1(CS(=O)(=O)NCC1(c3cccs3)CCOCC1)C(=O)C2. The number of ether oxygens (including phenoxy) is 1. The highest BCUT2D eigenvalue weighted by molar-refractivity contribution is 7.89. The summed E-state index contributed by atoms with van der Waals surface area (Å²) in [5.74, 6) is 0.403. The number of hydrogen-bond donors (Lipinski definition) is 1. The fourth-order valence-electron chi connectivity index (χ4n) is 5.58. The van der Waals surface area contributed by atoms with Crippen molar-refractivity contribution in [3.63, 3.8) is 0 Å². The van der Waals surface area contributed by atoms with E-state index in [4.69, 9.17) is 4.74 Å². The second-order valence-corrected chi connectivity index (χ2v) is 11.9. The van der Waals surface area contributed by atoms with Crippen molar-refractivity contribution >= 4 is 27.1 Å². The number of carbonyl (C=O) groups is 1. The second kappa shape index (κ2) is 6.65. The first-order valence-electron chi connectivity index (χ1n) is 9.83. The quantitative estimate of drug-likeness (QED) is 0.781. The average molecular weight is 412 g/mol. The van der Waals surface area contributed by atoms with Crippen molar-refractivity contribution in [1.29, 1.82) is 0 Å². The molecule has 0 spiro atoms. The van der Waals surface area contributed by atoms with Crippen LogP contribution in [0.25, 0.3) is 0 Å². The van der Waals surface area contributed by atoms with Crippen molar-refractivity contribution in [2.24, 2.45) is 16.7 Å². The molecule has 5 nitrogen and oxygen atoms in total. The van der Waals surface area contributed by atoms with E-state index in [0.29, 0.717) is 38.5 Å². The number of ketones is 1. The van der Waals surface area contributed by atoms with Crippen LogP contribution in [-0.4, -0.2) is 39.7 Å². The summed E-state index contributed by atoms with van der Waals surface area (Å²) < 4.78 is 34.5. The third kappa shape index (κ3) is 3.11. The first-order valence-corrected chi connectivity index (χ1v) is 12.4. The molecule has 3 aliphatic rings. The molecule has 7 heteroatoms. The lowest BCUT2D eigenvalue weighted by Gasteiger charge is -2.38. The van der Waals surface area contributed by atoms with Gasteiger partial charge < -0.3 is 4.74 Å². The van der Waals surface area contributed by atoms with Crippen molar-refractivity contribution in [2.75, 3.05) is 25.5 Å². The van der Waals surface area contributed by atoms with Crippen LogP contribution < -0.4 is 4.72 Å². The van der Waals surface area contributed by atoms with Crippen LogP contribution in [0.15, 0.2) is 17.5 Å². The van der Waals surface area contributed by atoms with Crippen molar-refractivity contribution < 1.29 is 17.9 Å². The number of nitrogens with one attached hydrogen (secondary N) is 1. The van der Waals surface area contributed by atoms with Gasteiger partial charge in [-0.15, -0.1) is 11.3 Å². The van der Waals surface area contributed by atoms with E-state index in [2.05, 4.69) is 24.6 Å². The Morgan fingerprint density at radius 2 is 2.00 bits per heavy atom. The standard InChI is InChI=1S/C20H29NO4S2/c1-18(2)15-5-6-20(18,16(22)12-15)14-27(23,24)21-13-19(7-9-25-10-8-19)17-4-3-11-26-17/h3-4,11,15,21H,5-10,12-14H2,1-2H3/t15-,20+/m0/s1. The molecule has 1 aromatic rings. The number of thiophene rings is 1. The Kier molecular flexibility index (Phi) is 4.81. The molecule has 1 aliphatic heterocycles. The summed E-state index contributed by atoms with van der Waals surface area (Å²) in [5.41, 5.74) is -1.15. The van der Waals surface area contributed by atoms with Crippen molar-refractivity contribution in [2.45, 2.75) is 51.4 Å². The largest absolute Gasteiger partial charge is 0.381 e. The Labute approximate surface area is 165 Å². The monoisotopic (exact) mass is 411 g/mol. The van der Waals surface area contributed by atoms with E-state index in [-0.39, 0.29) is 22.4 Å². The first-order chi connectivity index (χ1) is 12.7. The van der Waals surface area contributed by atoms with Crippen LogP contribution in [0.5, 0.6) is 0 Å². The lowest BCUT2D eigenvalue weighted by Crippen LogP contribution is -2.49. The smallest absolute Gasteiger partial charge is 0.212 e. The fraction of sp³-hybridized carbons (Fsp3) is 0.750. The van der Waals surface area contributed by atoms with Crippen LogP contribution in [0.1, 0.15) is 50.8 Å². The maximum Gasteiger partial charge on any atom is 0.212 e. The summed E-state index contributed by atoms with van der Waals surface area (Å²) in [6.07, 6.45) is 3.83. The molecule has 2 heterocycles. The van der Waals surface area contributed by atoms with Gasteiger partial charge in [-0.3, -0.25) is 4.79 Å². The molecule has 2 atom stereocenters. The summed E-state index contributed by atoms with van der Waals surface area (Å²) in [4.78, 5) is 13.9. The molecule has 4 rings (SSSR count). The van der Waals surface area contributed by atoms with Crippen LogP contribution in [0.2, 0.25) is 0 Å². The summed E-state index contributed by atoms with van der Waals surface area (Å²) in [6.45, 7) is 5.84. The summed E-state index contributed by atoms with van der Waals surface area (Å²) in [5, 5.41) is 2.04. The number of Topliss-reactive ketones (excluding diaryl/α,β-unsaturated/α-hetero) is 1. The molecule has 27 heavy (non-hydrogen) atoms. The summed E-state index contributed by atoms with van der Waals surface area (Å²) in [7, 11) is -3.55. The molecular weight excluding hydrogens is 382 g/mol. The summed E-state index contributed by atoms with van der Waals surface area (Å²) >= 11 is 1.68. The first kappa shape index (κ1) is 19.6. The van der Waals surface area contributed by atoms with Crippen molar-refractivity contribution in [3.8, 4) is 0 Å². The van der Waals surface area contributed by atoms with Gasteiger partial charge in [-0.05, 0) is 48.5 Å². The Bertz CT molecular complexity index is 809. The van der Waals surface area contributed by atoms with E-state index in [1.54, 1.807) is 11.3 Å². The van der Waals surface area contributed by atoms with E-state index in [0.717, 1.165) is 19.3 Å². The molecule has 1 aromatic heterocycles. The normalized spacial score (nSPS) is 32.1. The molecule has 0 unspecified atom stereocenters. The molecular formula is C20H29NO4S2. The Morgan fingerprint density at radius 3 is 2.56 bits per heavy atom. The van der Waals surface area contributed by atoms with E-state index in [9.17, 15) is 13.2 Å². The van der Waals surface area contributed by atoms with Gasteiger partial charge >= 0.3 is 0 Å². The van der Waals surface area contributed by atoms with Gasteiger partial charge in [0.05, 0.1) is 5.75 Å². The maximum absolute atomic E-state index is 13.1. The molecule has 150 valence electrons. The highest BCUT2D eigenvalue weighted by atomic mass is 32.2. The Balaban J connectivity index is 1.53. The van der Waals surface area contributed by atoms with E-state index in [1.165, 1.54) is 4.88 Å². The third-order valence-corrected chi connectivity index (χ3v) is 10.3. The Hall–Kier alpha value is -0.760. The van der Waals surface area contributed by atoms with Gasteiger partial charge in [0.1, 0.15) is 5.78 Å². The van der Waals surface area contributed by atoms with Crippen LogP contribution in [0, 0.1) is 16.7 Å². The Morgan fingerprint density at radius 1 is 1.26 bits per heavy atom. The zero-order valence-electron chi connectivity index (χ0n) is 16.1. The molecule has 0 aromatic carbocycles. The fourth-order valence-corrected chi connectivity index (χ4v) is 8.50. The third-order valence-electron chi connectivity index (χ3n) is 7.70. The minimum Gasteiger partial charge on any atom is -0.381 e. The number of sulfonamides is 1. The minimum atomic E-state index is -3.55. The zero-order valence-corrected chi connectivity index (χ0v) is 17.8. The zero-order chi connectivity index (χ0) is 19.3. The molecule has 3 fully saturated rings.